The molecule has 0 spiro atoms. The summed E-state index contributed by atoms with van der Waals surface area (Å²) in [6.07, 6.45) is 0. The molecule has 2 rings (SSSR count). The van der Waals surface area contributed by atoms with Crippen molar-refractivity contribution in [3.63, 3.8) is 0 Å². The summed E-state index contributed by atoms with van der Waals surface area (Å²) in [6.45, 7) is 1.11. The molecule has 0 aromatic heterocycles. The molecule has 0 unspecified atom stereocenters. The maximum Gasteiger partial charge on any atom is 0.169 e. The van der Waals surface area contributed by atoms with Crippen molar-refractivity contribution in [1.82, 2.24) is 10.2 Å². The van der Waals surface area contributed by atoms with E-state index in [1.165, 1.54) is 12.1 Å². The molecular formula is C16H15Cl2FN2S. The maximum atomic E-state index is 12.8. The molecule has 0 radical (unpaired) electrons. The first kappa shape index (κ1) is 17.0. The number of nitrogens with one attached hydrogen (secondary N) is 1. The molecular weight excluding hydrogens is 342 g/mol. The van der Waals surface area contributed by atoms with E-state index in [1.54, 1.807) is 24.3 Å². The van der Waals surface area contributed by atoms with E-state index in [0.717, 1.165) is 11.1 Å². The van der Waals surface area contributed by atoms with Gasteiger partial charge in [-0.1, -0.05) is 41.4 Å². The smallest absolute Gasteiger partial charge is 0.169 e. The van der Waals surface area contributed by atoms with Crippen molar-refractivity contribution in [2.24, 2.45) is 0 Å². The summed E-state index contributed by atoms with van der Waals surface area (Å²) in [5.74, 6) is -0.249. The van der Waals surface area contributed by atoms with Gasteiger partial charge in [0.05, 0.1) is 0 Å². The van der Waals surface area contributed by atoms with Gasteiger partial charge in [-0.2, -0.15) is 0 Å². The number of halogens is 3. The lowest BCUT2D eigenvalue weighted by atomic mass is 10.2. The van der Waals surface area contributed by atoms with Crippen LogP contribution in [0.4, 0.5) is 4.39 Å². The Bertz CT molecular complexity index is 662. The van der Waals surface area contributed by atoms with Crippen LogP contribution in [0, 0.1) is 5.82 Å². The highest BCUT2D eigenvalue weighted by Gasteiger charge is 2.08. The van der Waals surface area contributed by atoms with Crippen LogP contribution in [0.1, 0.15) is 11.1 Å². The Hall–Kier alpha value is -1.36. The van der Waals surface area contributed by atoms with E-state index in [-0.39, 0.29) is 5.82 Å². The van der Waals surface area contributed by atoms with Gasteiger partial charge in [-0.25, -0.2) is 4.39 Å². The molecule has 0 saturated carbocycles. The molecule has 0 heterocycles. The van der Waals surface area contributed by atoms with Crippen molar-refractivity contribution in [2.45, 2.75) is 13.1 Å². The van der Waals surface area contributed by atoms with Crippen molar-refractivity contribution in [3.05, 3.63) is 69.5 Å². The monoisotopic (exact) mass is 356 g/mol. The highest BCUT2D eigenvalue weighted by Crippen LogP contribution is 2.22. The van der Waals surface area contributed by atoms with Crippen molar-refractivity contribution in [2.75, 3.05) is 7.05 Å². The predicted molar refractivity (Wildman–Crippen MR) is 93.8 cm³/mol. The van der Waals surface area contributed by atoms with Crippen LogP contribution in [0.15, 0.2) is 42.5 Å². The van der Waals surface area contributed by atoms with E-state index in [4.69, 9.17) is 35.4 Å². The van der Waals surface area contributed by atoms with Gasteiger partial charge in [-0.3, -0.25) is 0 Å². The lowest BCUT2D eigenvalue weighted by Crippen LogP contribution is -2.36. The van der Waals surface area contributed by atoms with E-state index in [2.05, 4.69) is 5.32 Å². The first-order chi connectivity index (χ1) is 10.5. The van der Waals surface area contributed by atoms with E-state index in [0.29, 0.717) is 28.2 Å². The Morgan fingerprint density at radius 3 is 2.50 bits per heavy atom. The van der Waals surface area contributed by atoms with Gasteiger partial charge in [0.1, 0.15) is 5.82 Å². The maximum absolute atomic E-state index is 12.8. The van der Waals surface area contributed by atoms with E-state index in [9.17, 15) is 4.39 Å². The summed E-state index contributed by atoms with van der Waals surface area (Å²) in [4.78, 5) is 1.88. The van der Waals surface area contributed by atoms with Crippen molar-refractivity contribution in [3.8, 4) is 0 Å². The minimum atomic E-state index is -0.249. The van der Waals surface area contributed by atoms with Gasteiger partial charge in [0.2, 0.25) is 0 Å². The largest absolute Gasteiger partial charge is 0.358 e. The number of nitrogens with zero attached hydrogens (tertiary/aromatic N) is 1. The molecule has 2 aromatic carbocycles. The number of hydrogen-bond acceptors (Lipinski definition) is 1. The van der Waals surface area contributed by atoms with Crippen LogP contribution in [-0.4, -0.2) is 17.1 Å². The molecule has 0 amide bonds. The van der Waals surface area contributed by atoms with Gasteiger partial charge in [0.15, 0.2) is 5.11 Å². The lowest BCUT2D eigenvalue weighted by molar-refractivity contribution is 0.489. The Balaban J connectivity index is 1.90. The molecule has 2 aromatic rings. The molecule has 0 saturated heterocycles. The van der Waals surface area contributed by atoms with Crippen LogP contribution in [0.2, 0.25) is 10.0 Å². The Morgan fingerprint density at radius 2 is 1.86 bits per heavy atom. The zero-order chi connectivity index (χ0) is 16.1. The molecule has 1 N–H and O–H groups in total. The predicted octanol–water partition coefficient (Wildman–Crippen LogP) is 4.64. The van der Waals surface area contributed by atoms with Crippen LogP contribution in [-0.2, 0) is 13.1 Å². The van der Waals surface area contributed by atoms with Gasteiger partial charge in [0, 0.05) is 30.2 Å². The molecule has 0 atom stereocenters. The quantitative estimate of drug-likeness (QED) is 0.803. The zero-order valence-electron chi connectivity index (χ0n) is 11.9. The van der Waals surface area contributed by atoms with Crippen molar-refractivity contribution < 1.29 is 4.39 Å². The summed E-state index contributed by atoms with van der Waals surface area (Å²) in [7, 11) is 1.88. The van der Waals surface area contributed by atoms with Crippen LogP contribution in [0.5, 0.6) is 0 Å². The molecule has 6 heteroatoms. The third-order valence-electron chi connectivity index (χ3n) is 3.13. The van der Waals surface area contributed by atoms with Crippen LogP contribution >= 0.6 is 35.4 Å². The molecule has 116 valence electrons. The summed E-state index contributed by atoms with van der Waals surface area (Å²) in [5.41, 5.74) is 1.90. The zero-order valence-corrected chi connectivity index (χ0v) is 14.3. The average Bonchev–Trinajstić information content (AvgIpc) is 2.49. The number of thiocarbonyl (C=S) groups is 1. The second-order valence-electron chi connectivity index (χ2n) is 4.88. The summed E-state index contributed by atoms with van der Waals surface area (Å²) in [5, 5.41) is 4.94. The molecule has 2 nitrogen and oxygen atoms in total. The van der Waals surface area contributed by atoms with Crippen LogP contribution in [0.3, 0.4) is 0 Å². The second kappa shape index (κ2) is 7.77. The Labute approximate surface area is 144 Å². The van der Waals surface area contributed by atoms with Crippen LogP contribution in [0.25, 0.3) is 0 Å². The average molecular weight is 357 g/mol. The summed E-state index contributed by atoms with van der Waals surface area (Å²) in [6, 6.07) is 11.7. The molecule has 0 aliphatic rings. The van der Waals surface area contributed by atoms with Gasteiger partial charge in [-0.15, -0.1) is 0 Å². The Kier molecular flexibility index (Phi) is 6.00. The lowest BCUT2D eigenvalue weighted by Gasteiger charge is -2.21. The first-order valence-corrected chi connectivity index (χ1v) is 7.79. The van der Waals surface area contributed by atoms with E-state index in [1.807, 2.05) is 18.0 Å². The van der Waals surface area contributed by atoms with E-state index < -0.39 is 0 Å². The molecule has 0 aliphatic heterocycles. The minimum Gasteiger partial charge on any atom is -0.358 e. The standard InChI is InChI=1S/C16H15Cl2FN2S/c1-21(10-12-4-5-13(17)8-15(12)18)16(22)20-9-11-2-6-14(19)7-3-11/h2-8H,9-10H2,1H3,(H,20,22). The van der Waals surface area contributed by atoms with Gasteiger partial charge in [0.25, 0.3) is 0 Å². The topological polar surface area (TPSA) is 15.3 Å². The highest BCUT2D eigenvalue weighted by atomic mass is 35.5. The van der Waals surface area contributed by atoms with Crippen molar-refractivity contribution in [1.29, 1.82) is 0 Å². The third-order valence-corrected chi connectivity index (χ3v) is 4.17. The highest BCUT2D eigenvalue weighted by molar-refractivity contribution is 7.80. The van der Waals surface area contributed by atoms with Gasteiger partial charge < -0.3 is 10.2 Å². The van der Waals surface area contributed by atoms with E-state index >= 15 is 0 Å². The summed E-state index contributed by atoms with van der Waals surface area (Å²) < 4.78 is 12.8. The summed E-state index contributed by atoms with van der Waals surface area (Å²) >= 11 is 17.4. The normalized spacial score (nSPS) is 10.4. The van der Waals surface area contributed by atoms with Gasteiger partial charge in [-0.05, 0) is 47.6 Å². The fourth-order valence-electron chi connectivity index (χ4n) is 1.89. The molecule has 0 aliphatic carbocycles. The molecule has 0 fully saturated rings. The van der Waals surface area contributed by atoms with Gasteiger partial charge >= 0.3 is 0 Å². The van der Waals surface area contributed by atoms with Crippen molar-refractivity contribution >= 4 is 40.5 Å². The number of hydrogen-bond donors (Lipinski definition) is 1. The molecule has 22 heavy (non-hydrogen) atoms. The fourth-order valence-corrected chi connectivity index (χ4v) is 2.50. The fraction of sp³-hybridized carbons (Fsp3) is 0.188. The Morgan fingerprint density at radius 1 is 1.18 bits per heavy atom. The SMILES string of the molecule is CN(Cc1ccc(Cl)cc1Cl)C(=S)NCc1ccc(F)cc1. The van der Waals surface area contributed by atoms with Crippen LogP contribution < -0.4 is 5.32 Å². The second-order valence-corrected chi connectivity index (χ2v) is 6.11. The number of benzene rings is 2. The number of rotatable bonds is 4. The molecule has 0 bridgehead atoms. The minimum absolute atomic E-state index is 0.249. The first-order valence-electron chi connectivity index (χ1n) is 6.63. The third kappa shape index (κ3) is 4.83.